The van der Waals surface area contributed by atoms with Crippen LogP contribution in [-0.4, -0.2) is 25.0 Å². The Labute approximate surface area is 97.7 Å². The summed E-state index contributed by atoms with van der Waals surface area (Å²) in [6, 6.07) is 0.0698. The SMILES string of the molecule is O=C(NCCC1=CCCCC1)C1CCCN1. The zero-order chi connectivity index (χ0) is 11.2. The molecule has 1 heterocycles. The van der Waals surface area contributed by atoms with Crippen molar-refractivity contribution in [2.45, 2.75) is 51.0 Å². The number of rotatable bonds is 4. The molecule has 1 fully saturated rings. The fraction of sp³-hybridized carbons (Fsp3) is 0.769. The van der Waals surface area contributed by atoms with Gasteiger partial charge in [-0.05, 0) is 51.5 Å². The summed E-state index contributed by atoms with van der Waals surface area (Å²) in [6.07, 6.45) is 10.6. The summed E-state index contributed by atoms with van der Waals surface area (Å²) < 4.78 is 0. The average Bonchev–Trinajstić information content (AvgIpc) is 2.84. The smallest absolute Gasteiger partial charge is 0.237 e. The second-order valence-corrected chi connectivity index (χ2v) is 4.80. The largest absolute Gasteiger partial charge is 0.354 e. The van der Waals surface area contributed by atoms with Crippen LogP contribution in [0.1, 0.15) is 44.9 Å². The molecule has 3 nitrogen and oxygen atoms in total. The van der Waals surface area contributed by atoms with Crippen molar-refractivity contribution in [3.8, 4) is 0 Å². The van der Waals surface area contributed by atoms with E-state index in [9.17, 15) is 4.79 Å². The number of amides is 1. The summed E-state index contributed by atoms with van der Waals surface area (Å²) in [5.74, 6) is 0.189. The van der Waals surface area contributed by atoms with Gasteiger partial charge in [0.05, 0.1) is 6.04 Å². The second-order valence-electron chi connectivity index (χ2n) is 4.80. The molecule has 1 unspecified atom stereocenters. The van der Waals surface area contributed by atoms with Crippen LogP contribution < -0.4 is 10.6 Å². The first-order valence-electron chi connectivity index (χ1n) is 6.55. The van der Waals surface area contributed by atoms with E-state index in [1.54, 1.807) is 0 Å². The zero-order valence-electron chi connectivity index (χ0n) is 9.93. The van der Waals surface area contributed by atoms with Crippen LogP contribution in [0.2, 0.25) is 0 Å². The van der Waals surface area contributed by atoms with Gasteiger partial charge in [-0.3, -0.25) is 4.79 Å². The van der Waals surface area contributed by atoms with Gasteiger partial charge in [0.1, 0.15) is 0 Å². The van der Waals surface area contributed by atoms with E-state index in [4.69, 9.17) is 0 Å². The molecule has 0 aromatic heterocycles. The molecule has 0 aromatic rings. The van der Waals surface area contributed by atoms with E-state index in [1.807, 2.05) is 0 Å². The Bertz CT molecular complexity index is 267. The van der Waals surface area contributed by atoms with Crippen molar-refractivity contribution < 1.29 is 4.79 Å². The summed E-state index contributed by atoms with van der Waals surface area (Å²) in [5.41, 5.74) is 1.53. The van der Waals surface area contributed by atoms with Crippen molar-refractivity contribution in [3.63, 3.8) is 0 Å². The highest BCUT2D eigenvalue weighted by Gasteiger charge is 2.21. The van der Waals surface area contributed by atoms with Gasteiger partial charge in [-0.2, -0.15) is 0 Å². The molecule has 16 heavy (non-hydrogen) atoms. The highest BCUT2D eigenvalue weighted by Crippen LogP contribution is 2.19. The van der Waals surface area contributed by atoms with Gasteiger partial charge in [0.2, 0.25) is 5.91 Å². The van der Waals surface area contributed by atoms with Gasteiger partial charge in [-0.25, -0.2) is 0 Å². The predicted octanol–water partition coefficient (Wildman–Crippen LogP) is 1.75. The summed E-state index contributed by atoms with van der Waals surface area (Å²) in [7, 11) is 0. The summed E-state index contributed by atoms with van der Waals surface area (Å²) in [4.78, 5) is 11.7. The molecular formula is C13H22N2O. The predicted molar refractivity (Wildman–Crippen MR) is 65.2 cm³/mol. The fourth-order valence-corrected chi connectivity index (χ4v) is 2.51. The van der Waals surface area contributed by atoms with Crippen LogP contribution in [0.15, 0.2) is 11.6 Å². The molecule has 1 saturated heterocycles. The first-order chi connectivity index (χ1) is 7.86. The molecular weight excluding hydrogens is 200 g/mol. The molecule has 90 valence electrons. The Hall–Kier alpha value is -0.830. The van der Waals surface area contributed by atoms with Crippen molar-refractivity contribution in [1.82, 2.24) is 10.6 Å². The molecule has 2 rings (SSSR count). The maximum Gasteiger partial charge on any atom is 0.237 e. The molecule has 0 aromatic carbocycles. The number of carbonyl (C=O) groups is 1. The fourth-order valence-electron chi connectivity index (χ4n) is 2.51. The van der Waals surface area contributed by atoms with Crippen molar-refractivity contribution in [2.24, 2.45) is 0 Å². The quantitative estimate of drug-likeness (QED) is 0.711. The Morgan fingerprint density at radius 3 is 3.06 bits per heavy atom. The second kappa shape index (κ2) is 6.04. The van der Waals surface area contributed by atoms with Gasteiger partial charge < -0.3 is 10.6 Å². The van der Waals surface area contributed by atoms with Crippen LogP contribution in [-0.2, 0) is 4.79 Å². The first-order valence-corrected chi connectivity index (χ1v) is 6.55. The van der Waals surface area contributed by atoms with Gasteiger partial charge >= 0.3 is 0 Å². The molecule has 0 radical (unpaired) electrons. The van der Waals surface area contributed by atoms with Gasteiger partial charge in [0, 0.05) is 6.54 Å². The highest BCUT2D eigenvalue weighted by atomic mass is 16.2. The minimum Gasteiger partial charge on any atom is -0.354 e. The maximum absolute atomic E-state index is 11.7. The lowest BCUT2D eigenvalue weighted by Crippen LogP contribution is -2.40. The van der Waals surface area contributed by atoms with Crippen LogP contribution in [0.3, 0.4) is 0 Å². The lowest BCUT2D eigenvalue weighted by Gasteiger charge is -2.14. The van der Waals surface area contributed by atoms with Gasteiger partial charge in [-0.1, -0.05) is 11.6 Å². The highest BCUT2D eigenvalue weighted by molar-refractivity contribution is 5.81. The number of nitrogens with one attached hydrogen (secondary N) is 2. The van der Waals surface area contributed by atoms with E-state index in [0.29, 0.717) is 0 Å². The van der Waals surface area contributed by atoms with E-state index in [-0.39, 0.29) is 11.9 Å². The van der Waals surface area contributed by atoms with E-state index < -0.39 is 0 Å². The number of allylic oxidation sites excluding steroid dienone is 1. The lowest BCUT2D eigenvalue weighted by atomic mass is 9.97. The molecule has 2 N–H and O–H groups in total. The van der Waals surface area contributed by atoms with Crippen LogP contribution in [0.4, 0.5) is 0 Å². The number of hydrogen-bond acceptors (Lipinski definition) is 2. The van der Waals surface area contributed by atoms with Crippen LogP contribution in [0, 0.1) is 0 Å². The van der Waals surface area contributed by atoms with E-state index in [0.717, 1.165) is 32.4 Å². The molecule has 2 aliphatic rings. The van der Waals surface area contributed by atoms with E-state index in [2.05, 4.69) is 16.7 Å². The van der Waals surface area contributed by atoms with Crippen molar-refractivity contribution in [2.75, 3.05) is 13.1 Å². The Morgan fingerprint density at radius 2 is 2.38 bits per heavy atom. The monoisotopic (exact) mass is 222 g/mol. The van der Waals surface area contributed by atoms with Crippen molar-refractivity contribution >= 4 is 5.91 Å². The normalized spacial score (nSPS) is 25.2. The molecule has 1 aliphatic heterocycles. The van der Waals surface area contributed by atoms with Crippen molar-refractivity contribution in [1.29, 1.82) is 0 Å². The number of carbonyl (C=O) groups excluding carboxylic acids is 1. The minimum atomic E-state index is 0.0698. The maximum atomic E-state index is 11.7. The van der Waals surface area contributed by atoms with E-state index >= 15 is 0 Å². The van der Waals surface area contributed by atoms with Crippen LogP contribution >= 0.6 is 0 Å². The molecule has 1 amide bonds. The minimum absolute atomic E-state index is 0.0698. The Morgan fingerprint density at radius 1 is 1.44 bits per heavy atom. The molecule has 0 bridgehead atoms. The van der Waals surface area contributed by atoms with Crippen LogP contribution in [0.5, 0.6) is 0 Å². The van der Waals surface area contributed by atoms with Crippen molar-refractivity contribution in [3.05, 3.63) is 11.6 Å². The summed E-state index contributed by atoms with van der Waals surface area (Å²) >= 11 is 0. The average molecular weight is 222 g/mol. The summed E-state index contributed by atoms with van der Waals surface area (Å²) in [5, 5.41) is 6.25. The van der Waals surface area contributed by atoms with Gasteiger partial charge in [0.15, 0.2) is 0 Å². The molecule has 3 heteroatoms. The third kappa shape index (κ3) is 3.34. The molecule has 1 atom stereocenters. The van der Waals surface area contributed by atoms with E-state index in [1.165, 1.54) is 31.3 Å². The third-order valence-corrected chi connectivity index (χ3v) is 3.51. The first kappa shape index (κ1) is 11.6. The molecule has 0 spiro atoms. The third-order valence-electron chi connectivity index (χ3n) is 3.51. The van der Waals surface area contributed by atoms with Gasteiger partial charge in [-0.15, -0.1) is 0 Å². The zero-order valence-corrected chi connectivity index (χ0v) is 9.93. The molecule has 0 saturated carbocycles. The van der Waals surface area contributed by atoms with Gasteiger partial charge in [0.25, 0.3) is 0 Å². The Balaban J connectivity index is 1.63. The standard InChI is InChI=1S/C13H22N2O/c16-13(12-7-4-9-14-12)15-10-8-11-5-2-1-3-6-11/h5,12,14H,1-4,6-10H2,(H,15,16). The lowest BCUT2D eigenvalue weighted by molar-refractivity contribution is -0.122. The Kier molecular flexibility index (Phi) is 4.40. The topological polar surface area (TPSA) is 41.1 Å². The van der Waals surface area contributed by atoms with Crippen LogP contribution in [0.25, 0.3) is 0 Å². The molecule has 1 aliphatic carbocycles. The summed E-state index contributed by atoms with van der Waals surface area (Å²) in [6.45, 7) is 1.80. The number of hydrogen-bond donors (Lipinski definition) is 2.